The topological polar surface area (TPSA) is 90.9 Å². The van der Waals surface area contributed by atoms with Crippen LogP contribution in [0.4, 0.5) is 5.69 Å². The SMILES string of the molecule is CCNC(=NCC(=O)Nc1cccnc1)NCC(c1cccs1)N1CCOCC1.I. The van der Waals surface area contributed by atoms with Gasteiger partial charge in [0.1, 0.15) is 6.54 Å². The normalized spacial score (nSPS) is 15.7. The maximum atomic E-state index is 12.2. The number of ether oxygens (including phenoxy) is 1. The summed E-state index contributed by atoms with van der Waals surface area (Å²) in [5.74, 6) is 0.446. The van der Waals surface area contributed by atoms with Gasteiger partial charge < -0.3 is 20.7 Å². The first-order valence-electron chi connectivity index (χ1n) is 9.83. The number of carbonyl (C=O) groups excluding carboxylic acids is 1. The molecular formula is C20H29IN6O2S. The molecule has 8 nitrogen and oxygen atoms in total. The molecule has 1 aliphatic rings. The Labute approximate surface area is 198 Å². The Morgan fingerprint density at radius 1 is 1.30 bits per heavy atom. The Bertz CT molecular complexity index is 769. The number of nitrogens with one attached hydrogen (secondary N) is 3. The van der Waals surface area contributed by atoms with Crippen molar-refractivity contribution in [3.05, 3.63) is 46.9 Å². The van der Waals surface area contributed by atoms with E-state index >= 15 is 0 Å². The molecule has 0 bridgehead atoms. The number of guanidine groups is 1. The number of rotatable bonds is 8. The molecule has 0 radical (unpaired) electrons. The van der Waals surface area contributed by atoms with Crippen LogP contribution in [-0.4, -0.2) is 67.7 Å². The number of morpholine rings is 1. The van der Waals surface area contributed by atoms with Crippen LogP contribution in [0.3, 0.4) is 0 Å². The molecule has 0 aliphatic carbocycles. The van der Waals surface area contributed by atoms with Crippen molar-refractivity contribution in [1.82, 2.24) is 20.5 Å². The fourth-order valence-electron chi connectivity index (χ4n) is 3.10. The largest absolute Gasteiger partial charge is 0.379 e. The lowest BCUT2D eigenvalue weighted by Gasteiger charge is -2.34. The lowest BCUT2D eigenvalue weighted by atomic mass is 10.2. The standard InChI is InChI=1S/C20H28N6O2S.HI/c1-2-22-20(24-15-19(27)25-16-5-3-7-21-13-16)23-14-17(18-6-4-12-29-18)26-8-10-28-11-9-26;/h3-7,12-13,17H,2,8-11,14-15H2,1H3,(H,25,27)(H2,22,23,24);1H. The summed E-state index contributed by atoms with van der Waals surface area (Å²) in [6, 6.07) is 8.06. The molecule has 0 aromatic carbocycles. The van der Waals surface area contributed by atoms with Crippen LogP contribution in [0.25, 0.3) is 0 Å². The number of hydrogen-bond acceptors (Lipinski definition) is 6. The number of carbonyl (C=O) groups is 1. The van der Waals surface area contributed by atoms with E-state index in [0.717, 1.165) is 32.8 Å². The number of nitrogens with zero attached hydrogens (tertiary/aromatic N) is 3. The zero-order chi connectivity index (χ0) is 20.3. The minimum Gasteiger partial charge on any atom is -0.379 e. The number of thiophene rings is 1. The number of pyridine rings is 1. The third-order valence-electron chi connectivity index (χ3n) is 4.49. The first-order chi connectivity index (χ1) is 14.3. The second-order valence-corrected chi connectivity index (χ2v) is 7.52. The first-order valence-corrected chi connectivity index (χ1v) is 10.7. The van der Waals surface area contributed by atoms with E-state index in [4.69, 9.17) is 4.74 Å². The quantitative estimate of drug-likeness (QED) is 0.269. The number of aliphatic imine (C=N–C) groups is 1. The van der Waals surface area contributed by atoms with Crippen LogP contribution in [0.5, 0.6) is 0 Å². The maximum absolute atomic E-state index is 12.2. The fourth-order valence-corrected chi connectivity index (χ4v) is 3.96. The average Bonchev–Trinajstić information content (AvgIpc) is 3.28. The smallest absolute Gasteiger partial charge is 0.246 e. The maximum Gasteiger partial charge on any atom is 0.246 e. The Morgan fingerprint density at radius 3 is 2.80 bits per heavy atom. The highest BCUT2D eigenvalue weighted by Crippen LogP contribution is 2.25. The van der Waals surface area contributed by atoms with Gasteiger partial charge in [0.15, 0.2) is 5.96 Å². The van der Waals surface area contributed by atoms with Gasteiger partial charge in [-0.2, -0.15) is 0 Å². The summed E-state index contributed by atoms with van der Waals surface area (Å²) in [6.45, 7) is 6.79. The van der Waals surface area contributed by atoms with E-state index in [1.54, 1.807) is 35.9 Å². The Balaban J connectivity index is 0.00000320. The molecule has 1 unspecified atom stereocenters. The Kier molecular flexibility index (Phi) is 11.0. The Morgan fingerprint density at radius 2 is 2.13 bits per heavy atom. The molecule has 2 aromatic heterocycles. The minimum absolute atomic E-state index is 0. The van der Waals surface area contributed by atoms with Gasteiger partial charge in [0, 0.05) is 37.3 Å². The van der Waals surface area contributed by atoms with E-state index in [1.165, 1.54) is 4.88 Å². The molecule has 1 atom stereocenters. The van der Waals surface area contributed by atoms with Gasteiger partial charge in [0.2, 0.25) is 5.91 Å². The van der Waals surface area contributed by atoms with Crippen LogP contribution in [0, 0.1) is 0 Å². The van der Waals surface area contributed by atoms with Crippen molar-refractivity contribution in [3.8, 4) is 0 Å². The lowest BCUT2D eigenvalue weighted by Crippen LogP contribution is -2.46. The number of halogens is 1. The predicted octanol–water partition coefficient (Wildman–Crippen LogP) is 2.33. The van der Waals surface area contributed by atoms with E-state index in [1.807, 2.05) is 6.92 Å². The van der Waals surface area contributed by atoms with Crippen LogP contribution in [0.2, 0.25) is 0 Å². The van der Waals surface area contributed by atoms with Gasteiger partial charge in [0.05, 0.1) is 31.1 Å². The summed E-state index contributed by atoms with van der Waals surface area (Å²) < 4.78 is 5.50. The molecule has 1 aliphatic heterocycles. The van der Waals surface area contributed by atoms with Gasteiger partial charge in [-0.05, 0) is 30.5 Å². The third kappa shape index (κ3) is 7.82. The zero-order valence-corrected chi connectivity index (χ0v) is 20.2. The van der Waals surface area contributed by atoms with Crippen LogP contribution < -0.4 is 16.0 Å². The average molecular weight is 544 g/mol. The van der Waals surface area contributed by atoms with Gasteiger partial charge >= 0.3 is 0 Å². The van der Waals surface area contributed by atoms with Crippen LogP contribution in [0.15, 0.2) is 47.0 Å². The highest BCUT2D eigenvalue weighted by Gasteiger charge is 2.23. The molecule has 1 saturated heterocycles. The molecule has 30 heavy (non-hydrogen) atoms. The van der Waals surface area contributed by atoms with Crippen LogP contribution >= 0.6 is 35.3 Å². The van der Waals surface area contributed by atoms with E-state index < -0.39 is 0 Å². The summed E-state index contributed by atoms with van der Waals surface area (Å²) in [6.07, 6.45) is 3.28. The highest BCUT2D eigenvalue weighted by molar-refractivity contribution is 14.0. The number of anilines is 1. The first kappa shape index (κ1) is 24.5. The monoisotopic (exact) mass is 544 g/mol. The second kappa shape index (κ2) is 13.5. The van der Waals surface area contributed by atoms with E-state index in [9.17, 15) is 4.79 Å². The van der Waals surface area contributed by atoms with Crippen molar-refractivity contribution in [2.75, 3.05) is 51.3 Å². The molecule has 2 aromatic rings. The van der Waals surface area contributed by atoms with E-state index in [0.29, 0.717) is 18.2 Å². The van der Waals surface area contributed by atoms with Crippen LogP contribution in [-0.2, 0) is 9.53 Å². The van der Waals surface area contributed by atoms with Crippen LogP contribution in [0.1, 0.15) is 17.8 Å². The van der Waals surface area contributed by atoms with Gasteiger partial charge in [-0.1, -0.05) is 6.07 Å². The summed E-state index contributed by atoms with van der Waals surface area (Å²) in [7, 11) is 0. The van der Waals surface area contributed by atoms with E-state index in [-0.39, 0.29) is 42.5 Å². The molecular weight excluding hydrogens is 515 g/mol. The number of amides is 1. The molecule has 0 saturated carbocycles. The fraction of sp³-hybridized carbons (Fsp3) is 0.450. The summed E-state index contributed by atoms with van der Waals surface area (Å²) >= 11 is 1.76. The van der Waals surface area contributed by atoms with Crippen molar-refractivity contribution in [3.63, 3.8) is 0 Å². The predicted molar refractivity (Wildman–Crippen MR) is 132 cm³/mol. The van der Waals surface area contributed by atoms with Gasteiger partial charge in [-0.15, -0.1) is 35.3 Å². The molecule has 10 heteroatoms. The molecule has 3 heterocycles. The van der Waals surface area contributed by atoms with Crippen molar-refractivity contribution < 1.29 is 9.53 Å². The van der Waals surface area contributed by atoms with Crippen molar-refractivity contribution in [1.29, 1.82) is 0 Å². The molecule has 1 fully saturated rings. The Hall–Kier alpha value is -1.76. The van der Waals surface area contributed by atoms with Crippen molar-refractivity contribution in [2.24, 2.45) is 4.99 Å². The third-order valence-corrected chi connectivity index (χ3v) is 5.46. The molecule has 164 valence electrons. The summed E-state index contributed by atoms with van der Waals surface area (Å²) in [5.41, 5.74) is 0.663. The number of hydrogen-bond donors (Lipinski definition) is 3. The molecule has 3 rings (SSSR count). The molecule has 1 amide bonds. The van der Waals surface area contributed by atoms with Crippen molar-refractivity contribution in [2.45, 2.75) is 13.0 Å². The molecule has 0 spiro atoms. The number of aromatic nitrogens is 1. The second-order valence-electron chi connectivity index (χ2n) is 6.55. The van der Waals surface area contributed by atoms with Gasteiger partial charge in [-0.3, -0.25) is 14.7 Å². The zero-order valence-electron chi connectivity index (χ0n) is 17.0. The summed E-state index contributed by atoms with van der Waals surface area (Å²) in [5, 5.41) is 11.5. The molecule has 3 N–H and O–H groups in total. The minimum atomic E-state index is -0.182. The lowest BCUT2D eigenvalue weighted by molar-refractivity contribution is -0.114. The van der Waals surface area contributed by atoms with Gasteiger partial charge in [-0.25, -0.2) is 4.99 Å². The summed E-state index contributed by atoms with van der Waals surface area (Å²) in [4.78, 5) is 24.3. The highest BCUT2D eigenvalue weighted by atomic mass is 127. The van der Waals surface area contributed by atoms with Gasteiger partial charge in [0.25, 0.3) is 0 Å². The van der Waals surface area contributed by atoms with E-state index in [2.05, 4.69) is 48.3 Å². The van der Waals surface area contributed by atoms with Crippen molar-refractivity contribution >= 4 is 52.9 Å².